The summed E-state index contributed by atoms with van der Waals surface area (Å²) in [5.74, 6) is 1.45. The average Bonchev–Trinajstić information content (AvgIpc) is 2.34. The van der Waals surface area contributed by atoms with Gasteiger partial charge in [-0.1, -0.05) is 23.2 Å². The maximum Gasteiger partial charge on any atom is 0.147 e. The summed E-state index contributed by atoms with van der Waals surface area (Å²) in [4.78, 5) is 4.02. The normalized spacial score (nSPS) is 10.3. The van der Waals surface area contributed by atoms with Gasteiger partial charge in [0.1, 0.15) is 11.5 Å². The third-order valence-electron chi connectivity index (χ3n) is 2.05. The molecule has 17 heavy (non-hydrogen) atoms. The Morgan fingerprint density at radius 2 is 1.94 bits per heavy atom. The molecule has 2 nitrogen and oxygen atoms in total. The van der Waals surface area contributed by atoms with Gasteiger partial charge in [0.25, 0.3) is 0 Å². The maximum absolute atomic E-state index is 5.99. The van der Waals surface area contributed by atoms with Crippen molar-refractivity contribution < 1.29 is 4.74 Å². The van der Waals surface area contributed by atoms with Crippen LogP contribution >= 0.6 is 34.8 Å². The van der Waals surface area contributed by atoms with E-state index >= 15 is 0 Å². The molecule has 0 amide bonds. The smallest absolute Gasteiger partial charge is 0.147 e. The quantitative estimate of drug-likeness (QED) is 0.748. The van der Waals surface area contributed by atoms with E-state index in [4.69, 9.17) is 39.5 Å². The van der Waals surface area contributed by atoms with Crippen molar-refractivity contribution in [2.24, 2.45) is 0 Å². The molecule has 0 bridgehead atoms. The van der Waals surface area contributed by atoms with Crippen LogP contribution in [-0.2, 0) is 5.88 Å². The summed E-state index contributed by atoms with van der Waals surface area (Å²) in [6, 6.07) is 6.83. The average molecular weight is 289 g/mol. The molecule has 0 unspecified atom stereocenters. The molecule has 0 saturated carbocycles. The number of rotatable bonds is 3. The fourth-order valence-electron chi connectivity index (χ4n) is 1.28. The minimum absolute atomic E-state index is 0.382. The van der Waals surface area contributed by atoms with E-state index < -0.39 is 0 Å². The molecule has 0 fully saturated rings. The molecule has 0 aliphatic rings. The lowest BCUT2D eigenvalue weighted by Crippen LogP contribution is -1.88. The van der Waals surface area contributed by atoms with Gasteiger partial charge in [-0.05, 0) is 23.8 Å². The van der Waals surface area contributed by atoms with E-state index in [0.717, 1.165) is 5.56 Å². The minimum Gasteiger partial charge on any atom is -0.454 e. The van der Waals surface area contributed by atoms with Gasteiger partial charge in [-0.15, -0.1) is 11.6 Å². The Hall–Kier alpha value is -0.960. The lowest BCUT2D eigenvalue weighted by Gasteiger charge is -2.08. The van der Waals surface area contributed by atoms with Gasteiger partial charge in [-0.2, -0.15) is 0 Å². The van der Waals surface area contributed by atoms with Crippen LogP contribution in [0.1, 0.15) is 5.56 Å². The molecule has 1 aromatic heterocycles. The summed E-state index contributed by atoms with van der Waals surface area (Å²) >= 11 is 17.6. The molecule has 2 rings (SSSR count). The minimum atomic E-state index is 0.382. The second kappa shape index (κ2) is 5.58. The standard InChI is InChI=1S/C12H8Cl3NO/c13-5-8-3-10(7-16-6-8)17-12-4-9(14)1-2-11(12)15/h1-4,6-7H,5H2. The van der Waals surface area contributed by atoms with E-state index in [1.54, 1.807) is 36.7 Å². The van der Waals surface area contributed by atoms with E-state index in [2.05, 4.69) is 4.98 Å². The van der Waals surface area contributed by atoms with Gasteiger partial charge in [-0.3, -0.25) is 4.98 Å². The fourth-order valence-corrected chi connectivity index (χ4v) is 1.74. The van der Waals surface area contributed by atoms with E-state index in [0.29, 0.717) is 27.4 Å². The van der Waals surface area contributed by atoms with Gasteiger partial charge in [-0.25, -0.2) is 0 Å². The Labute approximate surface area is 114 Å². The summed E-state index contributed by atoms with van der Waals surface area (Å²) in [5, 5.41) is 1.05. The molecular weight excluding hydrogens is 280 g/mol. The molecule has 1 aromatic carbocycles. The summed E-state index contributed by atoms with van der Waals surface area (Å²) in [6.45, 7) is 0. The molecule has 0 aliphatic carbocycles. The van der Waals surface area contributed by atoms with Crippen molar-refractivity contribution in [3.8, 4) is 11.5 Å². The van der Waals surface area contributed by atoms with E-state index in [1.807, 2.05) is 0 Å². The lowest BCUT2D eigenvalue weighted by atomic mass is 10.3. The van der Waals surface area contributed by atoms with Crippen LogP contribution in [-0.4, -0.2) is 4.98 Å². The Bertz CT molecular complexity index is 531. The number of hydrogen-bond donors (Lipinski definition) is 0. The first-order chi connectivity index (χ1) is 8.19. The zero-order chi connectivity index (χ0) is 12.3. The number of ether oxygens (including phenoxy) is 1. The maximum atomic E-state index is 5.99. The van der Waals surface area contributed by atoms with Crippen molar-refractivity contribution in [2.75, 3.05) is 0 Å². The van der Waals surface area contributed by atoms with E-state index in [9.17, 15) is 0 Å². The molecule has 88 valence electrons. The zero-order valence-electron chi connectivity index (χ0n) is 8.66. The summed E-state index contributed by atoms with van der Waals surface area (Å²) in [5.41, 5.74) is 0.877. The molecule has 0 N–H and O–H groups in total. The first kappa shape index (κ1) is 12.5. The predicted octanol–water partition coefficient (Wildman–Crippen LogP) is 4.92. The summed E-state index contributed by atoms with van der Waals surface area (Å²) < 4.78 is 5.59. The SMILES string of the molecule is ClCc1cncc(Oc2cc(Cl)ccc2Cl)c1. The van der Waals surface area contributed by atoms with Crippen molar-refractivity contribution in [1.82, 2.24) is 4.98 Å². The summed E-state index contributed by atoms with van der Waals surface area (Å²) in [7, 11) is 0. The van der Waals surface area contributed by atoms with Crippen molar-refractivity contribution in [2.45, 2.75) is 5.88 Å². The first-order valence-corrected chi connectivity index (χ1v) is 6.11. The molecular formula is C12H8Cl3NO. The van der Waals surface area contributed by atoms with Crippen molar-refractivity contribution in [3.05, 3.63) is 52.3 Å². The Kier molecular flexibility index (Phi) is 4.11. The third-order valence-corrected chi connectivity index (χ3v) is 2.90. The molecule has 0 atom stereocenters. The Morgan fingerprint density at radius 3 is 2.71 bits per heavy atom. The third kappa shape index (κ3) is 3.25. The van der Waals surface area contributed by atoms with Crippen LogP contribution in [0.25, 0.3) is 0 Å². The second-order valence-electron chi connectivity index (χ2n) is 3.34. The van der Waals surface area contributed by atoms with Crippen molar-refractivity contribution in [1.29, 1.82) is 0 Å². The molecule has 5 heteroatoms. The predicted molar refractivity (Wildman–Crippen MR) is 70.3 cm³/mol. The highest BCUT2D eigenvalue weighted by Crippen LogP contribution is 2.31. The highest BCUT2D eigenvalue weighted by molar-refractivity contribution is 6.34. The van der Waals surface area contributed by atoms with Gasteiger partial charge in [0.2, 0.25) is 0 Å². The Balaban J connectivity index is 2.27. The summed E-state index contributed by atoms with van der Waals surface area (Å²) in [6.07, 6.45) is 3.27. The molecule has 0 radical (unpaired) electrons. The highest BCUT2D eigenvalue weighted by atomic mass is 35.5. The largest absolute Gasteiger partial charge is 0.454 e. The molecule has 0 spiro atoms. The number of hydrogen-bond acceptors (Lipinski definition) is 2. The monoisotopic (exact) mass is 287 g/mol. The topological polar surface area (TPSA) is 22.1 Å². The van der Waals surface area contributed by atoms with Crippen LogP contribution in [0.2, 0.25) is 10.0 Å². The van der Waals surface area contributed by atoms with E-state index in [-0.39, 0.29) is 0 Å². The number of nitrogens with zero attached hydrogens (tertiary/aromatic N) is 1. The molecule has 0 saturated heterocycles. The van der Waals surface area contributed by atoms with Crippen molar-refractivity contribution >= 4 is 34.8 Å². The number of aromatic nitrogens is 1. The zero-order valence-corrected chi connectivity index (χ0v) is 10.9. The number of halogens is 3. The molecule has 2 aromatic rings. The number of benzene rings is 1. The first-order valence-electron chi connectivity index (χ1n) is 4.82. The van der Waals surface area contributed by atoms with Crippen LogP contribution < -0.4 is 4.74 Å². The molecule has 1 heterocycles. The van der Waals surface area contributed by atoms with Gasteiger partial charge in [0.15, 0.2) is 0 Å². The van der Waals surface area contributed by atoms with Gasteiger partial charge in [0.05, 0.1) is 11.2 Å². The fraction of sp³-hybridized carbons (Fsp3) is 0.0833. The van der Waals surface area contributed by atoms with Crippen LogP contribution in [0.3, 0.4) is 0 Å². The molecule has 0 aliphatic heterocycles. The number of pyridine rings is 1. The van der Waals surface area contributed by atoms with Crippen LogP contribution in [0.5, 0.6) is 11.5 Å². The number of alkyl halides is 1. The van der Waals surface area contributed by atoms with Crippen molar-refractivity contribution in [3.63, 3.8) is 0 Å². The van der Waals surface area contributed by atoms with Gasteiger partial charge >= 0.3 is 0 Å². The van der Waals surface area contributed by atoms with Crippen LogP contribution in [0, 0.1) is 0 Å². The second-order valence-corrected chi connectivity index (χ2v) is 4.45. The Morgan fingerprint density at radius 1 is 1.12 bits per heavy atom. The highest BCUT2D eigenvalue weighted by Gasteiger charge is 2.05. The lowest BCUT2D eigenvalue weighted by molar-refractivity contribution is 0.480. The van der Waals surface area contributed by atoms with Crippen LogP contribution in [0.4, 0.5) is 0 Å². The van der Waals surface area contributed by atoms with E-state index in [1.165, 1.54) is 0 Å². The van der Waals surface area contributed by atoms with Crippen LogP contribution in [0.15, 0.2) is 36.7 Å². The van der Waals surface area contributed by atoms with Gasteiger partial charge < -0.3 is 4.74 Å². The van der Waals surface area contributed by atoms with Gasteiger partial charge in [0, 0.05) is 23.2 Å².